The quantitative estimate of drug-likeness (QED) is 0.475. The Hall–Kier alpha value is -1.66. The van der Waals surface area contributed by atoms with Gasteiger partial charge in [-0.15, -0.1) is 5.92 Å². The minimum absolute atomic E-state index is 0.502. The summed E-state index contributed by atoms with van der Waals surface area (Å²) in [5.74, 6) is 3.44. The summed E-state index contributed by atoms with van der Waals surface area (Å²) >= 11 is 6.19. The molecule has 0 spiro atoms. The van der Waals surface area contributed by atoms with E-state index in [0.717, 1.165) is 0 Å². The van der Waals surface area contributed by atoms with Crippen LogP contribution in [0.2, 0.25) is 0 Å². The van der Waals surface area contributed by atoms with E-state index < -0.39 is 46.9 Å². The van der Waals surface area contributed by atoms with Crippen LogP contribution in [-0.4, -0.2) is 43.4 Å². The summed E-state index contributed by atoms with van der Waals surface area (Å²) in [5.41, 5.74) is -2.36. The highest BCUT2D eigenvalue weighted by atomic mass is 35.5. The van der Waals surface area contributed by atoms with Crippen molar-refractivity contribution >= 4 is 11.6 Å². The fourth-order valence-electron chi connectivity index (χ4n) is 2.01. The zero-order chi connectivity index (χ0) is 17.6. The molecule has 0 bridgehead atoms. The van der Waals surface area contributed by atoms with E-state index >= 15 is 0 Å². The topological polar surface area (TPSA) is 105 Å². The maximum absolute atomic E-state index is 13.5. The molecule has 9 heteroatoms. The second-order valence-electron chi connectivity index (χ2n) is 4.27. The number of halogens is 2. The minimum Gasteiger partial charge on any atom is -0.394 e. The van der Waals surface area contributed by atoms with Gasteiger partial charge in [-0.05, 0) is 6.92 Å². The van der Waals surface area contributed by atoms with Crippen LogP contribution in [0.4, 0.5) is 4.39 Å². The van der Waals surface area contributed by atoms with E-state index in [2.05, 4.69) is 11.8 Å². The van der Waals surface area contributed by atoms with Crippen LogP contribution in [0.1, 0.15) is 15.9 Å². The van der Waals surface area contributed by atoms with Crippen LogP contribution in [-0.2, 0) is 4.74 Å². The first-order chi connectivity index (χ1) is 10.5. The van der Waals surface area contributed by atoms with E-state index in [0.29, 0.717) is 10.8 Å². The van der Waals surface area contributed by atoms with Gasteiger partial charge in [-0.1, -0.05) is 17.5 Å². The van der Waals surface area contributed by atoms with Crippen LogP contribution in [0.25, 0.3) is 0 Å². The lowest BCUT2D eigenvalue weighted by Gasteiger charge is -2.25. The predicted octanol–water partition coefficient (Wildman–Crippen LogP) is -1.07. The Kier molecular flexibility index (Phi) is 3.48. The Morgan fingerprint density at radius 1 is 1.71 bits per heavy atom. The van der Waals surface area contributed by atoms with Crippen molar-refractivity contribution < 1.29 is 22.1 Å². The first-order valence-corrected chi connectivity index (χ1v) is 6.10. The van der Waals surface area contributed by atoms with E-state index in [-0.39, 0.29) is 0 Å². The number of H-pyrrole nitrogens is 1. The number of nitrogens with one attached hydrogen (secondary N) is 1. The van der Waals surface area contributed by atoms with E-state index in [9.17, 15) is 24.2 Å². The molecule has 1 aromatic rings. The molecular formula is C12H12ClFN2O5. The molecule has 114 valence electrons. The van der Waals surface area contributed by atoms with Gasteiger partial charge in [-0.25, -0.2) is 4.79 Å². The summed E-state index contributed by atoms with van der Waals surface area (Å²) in [6.45, 7) is -1.64. The number of aliphatic hydroxyl groups excluding tert-OH is 1. The fourth-order valence-corrected chi connectivity index (χ4v) is 2.38. The minimum atomic E-state index is -3.01. The summed E-state index contributed by atoms with van der Waals surface area (Å²) in [5, 5.41) is 19.6. The normalized spacial score (nSPS) is 33.9. The molecule has 1 aromatic heterocycles. The number of rotatable bonds is 2. The molecule has 0 saturated carbocycles. The third-order valence-corrected chi connectivity index (χ3v) is 3.48. The summed E-state index contributed by atoms with van der Waals surface area (Å²) in [4.78, 5) is 22.6. The first-order valence-electron chi connectivity index (χ1n) is 6.72. The van der Waals surface area contributed by atoms with E-state index in [1.54, 1.807) is 4.98 Å². The van der Waals surface area contributed by atoms with Gasteiger partial charge < -0.3 is 14.9 Å². The Balaban J connectivity index is 2.64. The lowest BCUT2D eigenvalue weighted by atomic mass is 9.99. The van der Waals surface area contributed by atoms with Crippen molar-refractivity contribution in [2.24, 2.45) is 0 Å². The standard InChI is InChI=1S/C12H12ClFN2O5/c1-2-3-12(13)8(18)7(5-17)21-10(12)16-4-6(14)9(19)15-11(16)20/h4,7-8,10,17-18H,5H2,1H3,(H,15,19,20)/t7-,8+,10-,12?/m1/s1/i5D2. The number of nitrogens with zero attached hydrogens (tertiary/aromatic N) is 1. The van der Waals surface area contributed by atoms with E-state index in [4.69, 9.17) is 19.1 Å². The molecule has 0 radical (unpaired) electrons. The Labute approximate surface area is 125 Å². The van der Waals surface area contributed by atoms with Gasteiger partial charge in [0.05, 0.1) is 15.5 Å². The van der Waals surface area contributed by atoms with Gasteiger partial charge in [0.15, 0.2) is 11.1 Å². The van der Waals surface area contributed by atoms with Crippen molar-refractivity contribution in [3.05, 3.63) is 32.9 Å². The first kappa shape index (κ1) is 13.0. The highest BCUT2D eigenvalue weighted by Crippen LogP contribution is 2.42. The molecule has 2 rings (SSSR count). The Morgan fingerprint density at radius 2 is 2.38 bits per heavy atom. The summed E-state index contributed by atoms with van der Waals surface area (Å²) in [7, 11) is 0. The van der Waals surface area contributed by atoms with Crippen molar-refractivity contribution in [1.82, 2.24) is 9.55 Å². The van der Waals surface area contributed by atoms with E-state index in [1.807, 2.05) is 0 Å². The Bertz CT molecular complexity index is 796. The predicted molar refractivity (Wildman–Crippen MR) is 70.3 cm³/mol. The number of aromatic nitrogens is 2. The van der Waals surface area contributed by atoms with Crippen LogP contribution < -0.4 is 11.2 Å². The molecule has 1 unspecified atom stereocenters. The van der Waals surface area contributed by atoms with Crippen LogP contribution in [0.5, 0.6) is 0 Å². The second kappa shape index (κ2) is 5.61. The Morgan fingerprint density at radius 3 is 2.95 bits per heavy atom. The highest BCUT2D eigenvalue weighted by Gasteiger charge is 2.55. The number of ether oxygens (including phenoxy) is 1. The molecule has 1 aliphatic heterocycles. The molecule has 0 amide bonds. The average molecular weight is 321 g/mol. The zero-order valence-electron chi connectivity index (χ0n) is 12.6. The lowest BCUT2D eigenvalue weighted by Crippen LogP contribution is -2.44. The van der Waals surface area contributed by atoms with Gasteiger partial charge in [0.2, 0.25) is 5.82 Å². The summed E-state index contributed by atoms with van der Waals surface area (Å²) in [6.07, 6.45) is -4.85. The largest absolute Gasteiger partial charge is 0.394 e. The van der Waals surface area contributed by atoms with Gasteiger partial charge in [0, 0.05) is 0 Å². The highest BCUT2D eigenvalue weighted by molar-refractivity contribution is 6.27. The van der Waals surface area contributed by atoms with Crippen LogP contribution in [0.15, 0.2) is 15.8 Å². The number of aliphatic hydroxyl groups is 2. The zero-order valence-corrected chi connectivity index (χ0v) is 11.4. The monoisotopic (exact) mass is 320 g/mol. The SMILES string of the molecule is [2H]C([2H])(O)[C@H]1O[C@@H](n2cc(F)c(=O)[nH]c2=O)C(Cl)(C#CC)[C@H]1O. The maximum atomic E-state index is 13.5. The van der Waals surface area contributed by atoms with Crippen molar-refractivity contribution in [1.29, 1.82) is 0 Å². The molecule has 1 saturated heterocycles. The molecule has 21 heavy (non-hydrogen) atoms. The third kappa shape index (κ3) is 2.49. The number of hydrogen-bond acceptors (Lipinski definition) is 5. The third-order valence-electron chi connectivity index (χ3n) is 2.97. The molecule has 7 nitrogen and oxygen atoms in total. The van der Waals surface area contributed by atoms with Crippen LogP contribution >= 0.6 is 11.6 Å². The van der Waals surface area contributed by atoms with Gasteiger partial charge >= 0.3 is 5.69 Å². The van der Waals surface area contributed by atoms with Crippen molar-refractivity contribution in [3.8, 4) is 11.8 Å². The number of aromatic amines is 1. The van der Waals surface area contributed by atoms with Crippen molar-refractivity contribution in [3.63, 3.8) is 0 Å². The molecule has 4 atom stereocenters. The fraction of sp³-hybridized carbons (Fsp3) is 0.500. The average Bonchev–Trinajstić information content (AvgIpc) is 2.67. The number of hydrogen-bond donors (Lipinski definition) is 3. The van der Waals surface area contributed by atoms with Gasteiger partial charge in [0.1, 0.15) is 12.2 Å². The summed E-state index contributed by atoms with van der Waals surface area (Å²) < 4.78 is 33.6. The molecule has 0 aliphatic carbocycles. The molecular weight excluding hydrogens is 307 g/mol. The van der Waals surface area contributed by atoms with Crippen LogP contribution in [0.3, 0.4) is 0 Å². The molecule has 3 N–H and O–H groups in total. The molecule has 0 aromatic carbocycles. The maximum Gasteiger partial charge on any atom is 0.330 e. The van der Waals surface area contributed by atoms with Gasteiger partial charge in [-0.2, -0.15) is 4.39 Å². The number of alkyl halides is 1. The van der Waals surface area contributed by atoms with Gasteiger partial charge in [-0.3, -0.25) is 14.3 Å². The van der Waals surface area contributed by atoms with Gasteiger partial charge in [0.25, 0.3) is 5.56 Å². The molecule has 1 aliphatic rings. The van der Waals surface area contributed by atoms with Crippen LogP contribution in [0, 0.1) is 17.7 Å². The lowest BCUT2D eigenvalue weighted by molar-refractivity contribution is -0.0467. The summed E-state index contributed by atoms with van der Waals surface area (Å²) in [6, 6.07) is 0. The van der Waals surface area contributed by atoms with E-state index in [1.165, 1.54) is 6.92 Å². The molecule has 1 fully saturated rings. The smallest absolute Gasteiger partial charge is 0.330 e. The van der Waals surface area contributed by atoms with Crippen molar-refractivity contribution in [2.45, 2.75) is 30.2 Å². The molecule has 2 heterocycles. The second-order valence-corrected chi connectivity index (χ2v) is 4.90. The van der Waals surface area contributed by atoms with Crippen molar-refractivity contribution in [2.75, 3.05) is 6.56 Å².